The fourth-order valence-electron chi connectivity index (χ4n) is 1.76. The predicted molar refractivity (Wildman–Crippen MR) is 65.4 cm³/mol. The number of anilines is 1. The average Bonchev–Trinajstić information content (AvgIpc) is 2.30. The van der Waals surface area contributed by atoms with Crippen LogP contribution in [-0.4, -0.2) is 24.6 Å². The summed E-state index contributed by atoms with van der Waals surface area (Å²) in [6.45, 7) is 4.61. The van der Waals surface area contributed by atoms with E-state index in [0.717, 1.165) is 6.42 Å². The SMILES string of the molecule is CCc1ccc(N2CCSCC2)cc1. The van der Waals surface area contributed by atoms with Crippen molar-refractivity contribution in [3.05, 3.63) is 29.8 Å². The summed E-state index contributed by atoms with van der Waals surface area (Å²) >= 11 is 2.06. The van der Waals surface area contributed by atoms with Gasteiger partial charge < -0.3 is 4.90 Å². The van der Waals surface area contributed by atoms with Gasteiger partial charge in [-0.3, -0.25) is 0 Å². The second-order valence-corrected chi connectivity index (χ2v) is 4.84. The highest BCUT2D eigenvalue weighted by Gasteiger charge is 2.10. The summed E-state index contributed by atoms with van der Waals surface area (Å²) in [7, 11) is 0. The minimum Gasteiger partial charge on any atom is -0.370 e. The molecule has 0 N–H and O–H groups in total. The molecular weight excluding hydrogens is 190 g/mol. The standard InChI is InChI=1S/C12H17NS/c1-2-11-3-5-12(6-4-11)13-7-9-14-10-8-13/h3-6H,2,7-10H2,1H3. The van der Waals surface area contributed by atoms with Gasteiger partial charge in [-0.25, -0.2) is 0 Å². The first-order valence-corrected chi connectivity index (χ1v) is 6.47. The monoisotopic (exact) mass is 207 g/mol. The molecule has 1 aliphatic heterocycles. The maximum absolute atomic E-state index is 2.48. The van der Waals surface area contributed by atoms with Gasteiger partial charge in [0.1, 0.15) is 0 Å². The van der Waals surface area contributed by atoms with Gasteiger partial charge in [0, 0.05) is 30.3 Å². The highest BCUT2D eigenvalue weighted by molar-refractivity contribution is 7.99. The van der Waals surface area contributed by atoms with E-state index in [2.05, 4.69) is 47.9 Å². The fraction of sp³-hybridized carbons (Fsp3) is 0.500. The van der Waals surface area contributed by atoms with Gasteiger partial charge in [-0.1, -0.05) is 19.1 Å². The molecule has 0 unspecified atom stereocenters. The first-order valence-electron chi connectivity index (χ1n) is 5.32. The summed E-state index contributed by atoms with van der Waals surface area (Å²) in [6, 6.07) is 9.01. The molecule has 1 fully saturated rings. The Labute approximate surface area is 90.5 Å². The van der Waals surface area contributed by atoms with Crippen molar-refractivity contribution in [3.8, 4) is 0 Å². The Hall–Kier alpha value is -0.630. The van der Waals surface area contributed by atoms with Crippen LogP contribution in [0.4, 0.5) is 5.69 Å². The van der Waals surface area contributed by atoms with Crippen molar-refractivity contribution in [1.82, 2.24) is 0 Å². The van der Waals surface area contributed by atoms with E-state index in [1.54, 1.807) is 0 Å². The van der Waals surface area contributed by atoms with Crippen LogP contribution in [0.5, 0.6) is 0 Å². The molecule has 1 saturated heterocycles. The van der Waals surface area contributed by atoms with Crippen molar-refractivity contribution in [3.63, 3.8) is 0 Å². The van der Waals surface area contributed by atoms with Crippen LogP contribution in [-0.2, 0) is 6.42 Å². The van der Waals surface area contributed by atoms with Gasteiger partial charge in [0.25, 0.3) is 0 Å². The van der Waals surface area contributed by atoms with Crippen LogP contribution in [0.1, 0.15) is 12.5 Å². The molecular formula is C12H17NS. The van der Waals surface area contributed by atoms with Gasteiger partial charge in [-0.05, 0) is 24.1 Å². The van der Waals surface area contributed by atoms with Crippen LogP contribution in [0.3, 0.4) is 0 Å². The summed E-state index contributed by atoms with van der Waals surface area (Å²) in [4.78, 5) is 2.48. The smallest absolute Gasteiger partial charge is 0.0366 e. The lowest BCUT2D eigenvalue weighted by Gasteiger charge is -2.28. The van der Waals surface area contributed by atoms with Crippen LogP contribution in [0.15, 0.2) is 24.3 Å². The van der Waals surface area contributed by atoms with Gasteiger partial charge in [0.05, 0.1) is 0 Å². The minimum atomic E-state index is 1.14. The summed E-state index contributed by atoms with van der Waals surface area (Å²) in [5, 5.41) is 0. The van der Waals surface area contributed by atoms with Crippen LogP contribution in [0, 0.1) is 0 Å². The fourth-order valence-corrected chi connectivity index (χ4v) is 2.67. The molecule has 2 heteroatoms. The van der Waals surface area contributed by atoms with Crippen molar-refractivity contribution in [2.24, 2.45) is 0 Å². The van der Waals surface area contributed by atoms with E-state index in [1.807, 2.05) is 0 Å². The number of hydrogen-bond acceptors (Lipinski definition) is 2. The largest absolute Gasteiger partial charge is 0.370 e. The molecule has 0 saturated carbocycles. The van der Waals surface area contributed by atoms with Crippen molar-refractivity contribution >= 4 is 17.4 Å². The predicted octanol–water partition coefficient (Wildman–Crippen LogP) is 2.80. The van der Waals surface area contributed by atoms with Crippen molar-refractivity contribution in [1.29, 1.82) is 0 Å². The molecule has 1 heterocycles. The minimum absolute atomic E-state index is 1.14. The van der Waals surface area contributed by atoms with Gasteiger partial charge >= 0.3 is 0 Å². The molecule has 0 radical (unpaired) electrons. The molecule has 0 atom stereocenters. The van der Waals surface area contributed by atoms with E-state index in [9.17, 15) is 0 Å². The lowest BCUT2D eigenvalue weighted by atomic mass is 10.1. The molecule has 1 nitrogen and oxygen atoms in total. The summed E-state index contributed by atoms with van der Waals surface area (Å²) in [5.74, 6) is 2.55. The van der Waals surface area contributed by atoms with E-state index in [0.29, 0.717) is 0 Å². The Kier molecular flexibility index (Phi) is 3.35. The van der Waals surface area contributed by atoms with Gasteiger partial charge in [0.15, 0.2) is 0 Å². The highest BCUT2D eigenvalue weighted by atomic mass is 32.2. The van der Waals surface area contributed by atoms with Crippen LogP contribution in [0.2, 0.25) is 0 Å². The zero-order valence-electron chi connectivity index (χ0n) is 8.70. The zero-order chi connectivity index (χ0) is 9.80. The first kappa shape index (κ1) is 9.91. The average molecular weight is 207 g/mol. The Bertz CT molecular complexity index is 275. The maximum atomic E-state index is 2.48. The lowest BCUT2D eigenvalue weighted by Crippen LogP contribution is -2.32. The second-order valence-electron chi connectivity index (χ2n) is 3.62. The number of rotatable bonds is 2. The molecule has 0 spiro atoms. The normalized spacial score (nSPS) is 17.1. The lowest BCUT2D eigenvalue weighted by molar-refractivity contribution is 0.858. The van der Waals surface area contributed by atoms with E-state index < -0.39 is 0 Å². The number of aryl methyl sites for hydroxylation is 1. The van der Waals surface area contributed by atoms with E-state index in [4.69, 9.17) is 0 Å². The maximum Gasteiger partial charge on any atom is 0.0366 e. The molecule has 0 amide bonds. The Balaban J connectivity index is 2.07. The number of nitrogens with zero attached hydrogens (tertiary/aromatic N) is 1. The van der Waals surface area contributed by atoms with Crippen molar-refractivity contribution in [2.75, 3.05) is 29.5 Å². The van der Waals surface area contributed by atoms with Crippen LogP contribution >= 0.6 is 11.8 Å². The second kappa shape index (κ2) is 4.74. The molecule has 1 aliphatic rings. The highest BCUT2D eigenvalue weighted by Crippen LogP contribution is 2.19. The Morgan fingerprint density at radius 1 is 1.14 bits per heavy atom. The van der Waals surface area contributed by atoms with Gasteiger partial charge in [0.2, 0.25) is 0 Å². The number of benzene rings is 1. The third-order valence-electron chi connectivity index (χ3n) is 2.72. The van der Waals surface area contributed by atoms with Crippen LogP contribution < -0.4 is 4.90 Å². The first-order chi connectivity index (χ1) is 6.90. The number of hydrogen-bond donors (Lipinski definition) is 0. The number of thioether (sulfide) groups is 1. The molecule has 1 aromatic rings. The van der Waals surface area contributed by atoms with E-state index in [-0.39, 0.29) is 0 Å². The molecule has 0 bridgehead atoms. The molecule has 2 rings (SSSR count). The Morgan fingerprint density at radius 2 is 1.79 bits per heavy atom. The van der Waals surface area contributed by atoms with Gasteiger partial charge in [-0.2, -0.15) is 11.8 Å². The molecule has 0 aromatic heterocycles. The third kappa shape index (κ3) is 2.24. The van der Waals surface area contributed by atoms with E-state index in [1.165, 1.54) is 35.8 Å². The quantitative estimate of drug-likeness (QED) is 0.733. The molecule has 0 aliphatic carbocycles. The van der Waals surface area contributed by atoms with Crippen LogP contribution in [0.25, 0.3) is 0 Å². The third-order valence-corrected chi connectivity index (χ3v) is 3.66. The summed E-state index contributed by atoms with van der Waals surface area (Å²) in [6.07, 6.45) is 1.14. The van der Waals surface area contributed by atoms with Crippen molar-refractivity contribution < 1.29 is 0 Å². The molecule has 1 aromatic carbocycles. The van der Waals surface area contributed by atoms with Gasteiger partial charge in [-0.15, -0.1) is 0 Å². The summed E-state index contributed by atoms with van der Waals surface area (Å²) in [5.41, 5.74) is 2.82. The topological polar surface area (TPSA) is 3.24 Å². The molecule has 76 valence electrons. The molecule has 14 heavy (non-hydrogen) atoms. The Morgan fingerprint density at radius 3 is 2.36 bits per heavy atom. The zero-order valence-corrected chi connectivity index (χ0v) is 9.52. The summed E-state index contributed by atoms with van der Waals surface area (Å²) < 4.78 is 0. The van der Waals surface area contributed by atoms with E-state index >= 15 is 0 Å². The van der Waals surface area contributed by atoms with Crippen molar-refractivity contribution in [2.45, 2.75) is 13.3 Å².